The van der Waals surface area contributed by atoms with E-state index in [-0.39, 0.29) is 5.78 Å². The Balaban J connectivity index is 2.72. The van der Waals surface area contributed by atoms with Crippen molar-refractivity contribution in [2.24, 2.45) is 5.41 Å². The van der Waals surface area contributed by atoms with Gasteiger partial charge in [0.05, 0.1) is 12.7 Å². The number of hydrogen-bond acceptors (Lipinski definition) is 2. The summed E-state index contributed by atoms with van der Waals surface area (Å²) in [6.45, 7) is 5.91. The number of Topliss-reactive ketones (excluding diaryl/α,β-unsaturated/α-hetero) is 1. The van der Waals surface area contributed by atoms with E-state index < -0.39 is 5.41 Å². The molecule has 0 spiro atoms. The molecule has 2 rings (SSSR count). The van der Waals surface area contributed by atoms with Crippen molar-refractivity contribution in [3.05, 3.63) is 34.9 Å². The molecule has 0 saturated heterocycles. The quantitative estimate of drug-likeness (QED) is 0.719. The van der Waals surface area contributed by atoms with E-state index in [2.05, 4.69) is 6.08 Å². The summed E-state index contributed by atoms with van der Waals surface area (Å²) >= 11 is 0. The van der Waals surface area contributed by atoms with E-state index >= 15 is 0 Å². The zero-order chi connectivity index (χ0) is 11.9. The van der Waals surface area contributed by atoms with Gasteiger partial charge in [-0.2, -0.15) is 0 Å². The van der Waals surface area contributed by atoms with Gasteiger partial charge in [0, 0.05) is 5.41 Å². The van der Waals surface area contributed by atoms with Crippen LogP contribution in [0, 0.1) is 5.41 Å². The first-order chi connectivity index (χ1) is 7.48. The van der Waals surface area contributed by atoms with E-state index in [1.807, 2.05) is 39.0 Å². The number of carbonyl (C=O) groups excluding carboxylic acids is 1. The third kappa shape index (κ3) is 1.37. The minimum Gasteiger partial charge on any atom is -0.496 e. The molecule has 0 heterocycles. The first-order valence-electron chi connectivity index (χ1n) is 5.39. The fourth-order valence-corrected chi connectivity index (χ4v) is 1.99. The van der Waals surface area contributed by atoms with Crippen molar-refractivity contribution in [2.45, 2.75) is 20.8 Å². The predicted octanol–water partition coefficient (Wildman–Crippen LogP) is 3.32. The molecule has 0 atom stereocenters. The van der Waals surface area contributed by atoms with Gasteiger partial charge in [0.15, 0.2) is 5.78 Å². The predicted molar refractivity (Wildman–Crippen MR) is 64.8 cm³/mol. The highest BCUT2D eigenvalue weighted by atomic mass is 16.5. The fourth-order valence-electron chi connectivity index (χ4n) is 1.99. The van der Waals surface area contributed by atoms with Crippen molar-refractivity contribution in [3.63, 3.8) is 0 Å². The van der Waals surface area contributed by atoms with Crippen LogP contribution >= 0.6 is 0 Å². The lowest BCUT2D eigenvalue weighted by Crippen LogP contribution is -2.29. The van der Waals surface area contributed by atoms with Crippen molar-refractivity contribution >= 4 is 11.9 Å². The summed E-state index contributed by atoms with van der Waals surface area (Å²) in [5, 5.41) is 0. The highest BCUT2D eigenvalue weighted by Crippen LogP contribution is 2.40. The van der Waals surface area contributed by atoms with Crippen molar-refractivity contribution < 1.29 is 9.53 Å². The normalized spacial score (nSPS) is 17.8. The van der Waals surface area contributed by atoms with E-state index in [4.69, 9.17) is 4.74 Å². The van der Waals surface area contributed by atoms with Gasteiger partial charge in [-0.05, 0) is 32.4 Å². The van der Waals surface area contributed by atoms with Crippen LogP contribution in [-0.2, 0) is 0 Å². The molecule has 1 aliphatic rings. The first kappa shape index (κ1) is 10.9. The molecule has 0 amide bonds. The van der Waals surface area contributed by atoms with Gasteiger partial charge in [0.1, 0.15) is 5.75 Å². The van der Waals surface area contributed by atoms with Gasteiger partial charge in [0.25, 0.3) is 0 Å². The van der Waals surface area contributed by atoms with Gasteiger partial charge in [-0.25, -0.2) is 0 Å². The maximum absolute atomic E-state index is 12.4. The second-order valence-corrected chi connectivity index (χ2v) is 4.71. The monoisotopic (exact) mass is 216 g/mol. The minimum absolute atomic E-state index is 0.139. The Hall–Kier alpha value is -1.57. The topological polar surface area (TPSA) is 26.3 Å². The molecule has 2 nitrogen and oxygen atoms in total. The lowest BCUT2D eigenvalue weighted by atomic mass is 9.72. The second kappa shape index (κ2) is 3.48. The Morgan fingerprint density at radius 1 is 1.25 bits per heavy atom. The molecule has 0 unspecified atom stereocenters. The van der Waals surface area contributed by atoms with Crippen LogP contribution in [0.3, 0.4) is 0 Å². The summed E-state index contributed by atoms with van der Waals surface area (Å²) < 4.78 is 5.26. The Kier molecular flexibility index (Phi) is 2.38. The van der Waals surface area contributed by atoms with E-state index in [9.17, 15) is 4.79 Å². The molecule has 0 fully saturated rings. The van der Waals surface area contributed by atoms with Crippen molar-refractivity contribution in [3.8, 4) is 5.75 Å². The Morgan fingerprint density at radius 3 is 2.56 bits per heavy atom. The van der Waals surface area contributed by atoms with E-state index in [1.165, 1.54) is 0 Å². The number of fused-ring (bicyclic) bond motifs is 1. The fraction of sp³-hybridized carbons (Fsp3) is 0.357. The third-order valence-electron chi connectivity index (χ3n) is 3.43. The lowest BCUT2D eigenvalue weighted by molar-refractivity contribution is 0.0870. The van der Waals surface area contributed by atoms with Gasteiger partial charge in [-0.1, -0.05) is 23.8 Å². The zero-order valence-electron chi connectivity index (χ0n) is 10.1. The molecule has 16 heavy (non-hydrogen) atoms. The molecule has 0 saturated carbocycles. The standard InChI is InChI=1S/C14H16O2/c1-9-8-10-6-5-7-11(16-4)12(10)13(15)14(9,2)3/h5-8H,1-4H3. The van der Waals surface area contributed by atoms with Crippen LogP contribution < -0.4 is 4.74 Å². The summed E-state index contributed by atoms with van der Waals surface area (Å²) in [6, 6.07) is 5.70. The van der Waals surface area contributed by atoms with Gasteiger partial charge >= 0.3 is 0 Å². The number of benzene rings is 1. The Labute approximate surface area is 95.9 Å². The molecule has 0 aliphatic heterocycles. The van der Waals surface area contributed by atoms with Crippen LogP contribution in [0.25, 0.3) is 6.08 Å². The number of ether oxygens (including phenoxy) is 1. The molecule has 0 radical (unpaired) electrons. The number of allylic oxidation sites excluding steroid dienone is 1. The molecule has 1 aromatic rings. The molecule has 0 bridgehead atoms. The van der Waals surface area contributed by atoms with E-state index in [1.54, 1.807) is 7.11 Å². The molecule has 0 aromatic heterocycles. The lowest BCUT2D eigenvalue weighted by Gasteiger charge is -2.30. The largest absolute Gasteiger partial charge is 0.496 e. The van der Waals surface area contributed by atoms with Crippen LogP contribution in [0.15, 0.2) is 23.8 Å². The highest BCUT2D eigenvalue weighted by molar-refractivity contribution is 6.09. The molecular formula is C14H16O2. The van der Waals surface area contributed by atoms with E-state index in [0.717, 1.165) is 11.1 Å². The maximum Gasteiger partial charge on any atom is 0.176 e. The van der Waals surface area contributed by atoms with Gasteiger partial charge in [-0.3, -0.25) is 4.79 Å². The number of hydrogen-bond donors (Lipinski definition) is 0. The van der Waals surface area contributed by atoms with Crippen LogP contribution in [0.2, 0.25) is 0 Å². The van der Waals surface area contributed by atoms with Crippen molar-refractivity contribution in [2.75, 3.05) is 7.11 Å². The van der Waals surface area contributed by atoms with Gasteiger partial charge in [-0.15, -0.1) is 0 Å². The highest BCUT2D eigenvalue weighted by Gasteiger charge is 2.36. The molecule has 0 N–H and O–H groups in total. The molecule has 84 valence electrons. The summed E-state index contributed by atoms with van der Waals surface area (Å²) in [5.74, 6) is 0.805. The number of ketones is 1. The Morgan fingerprint density at radius 2 is 1.94 bits per heavy atom. The summed E-state index contributed by atoms with van der Waals surface area (Å²) in [5.41, 5.74) is 2.33. The van der Waals surface area contributed by atoms with Gasteiger partial charge < -0.3 is 4.74 Å². The molecule has 1 aliphatic carbocycles. The summed E-state index contributed by atoms with van der Waals surface area (Å²) in [6.07, 6.45) is 2.07. The van der Waals surface area contributed by atoms with Crippen LogP contribution in [-0.4, -0.2) is 12.9 Å². The summed E-state index contributed by atoms with van der Waals surface area (Å²) in [4.78, 5) is 12.4. The number of carbonyl (C=O) groups is 1. The third-order valence-corrected chi connectivity index (χ3v) is 3.43. The van der Waals surface area contributed by atoms with E-state index in [0.29, 0.717) is 11.3 Å². The van der Waals surface area contributed by atoms with Crippen molar-refractivity contribution in [1.82, 2.24) is 0 Å². The summed E-state index contributed by atoms with van der Waals surface area (Å²) in [7, 11) is 1.60. The smallest absolute Gasteiger partial charge is 0.176 e. The van der Waals surface area contributed by atoms with Crippen LogP contribution in [0.4, 0.5) is 0 Å². The number of rotatable bonds is 1. The number of methoxy groups -OCH3 is 1. The second-order valence-electron chi connectivity index (χ2n) is 4.71. The SMILES string of the molecule is COc1cccc2c1C(=O)C(C)(C)C(C)=C2. The molecule has 1 aromatic carbocycles. The van der Waals surface area contributed by atoms with Crippen LogP contribution in [0.5, 0.6) is 5.75 Å². The average Bonchev–Trinajstić information content (AvgIpc) is 2.26. The zero-order valence-corrected chi connectivity index (χ0v) is 10.1. The van der Waals surface area contributed by atoms with Crippen LogP contribution in [0.1, 0.15) is 36.7 Å². The first-order valence-corrected chi connectivity index (χ1v) is 5.39. The average molecular weight is 216 g/mol. The molecular weight excluding hydrogens is 200 g/mol. The Bertz CT molecular complexity index is 482. The van der Waals surface area contributed by atoms with Gasteiger partial charge in [0.2, 0.25) is 0 Å². The minimum atomic E-state index is -0.429. The molecule has 2 heteroatoms. The van der Waals surface area contributed by atoms with Crippen molar-refractivity contribution in [1.29, 1.82) is 0 Å². The maximum atomic E-state index is 12.4.